The van der Waals surface area contributed by atoms with E-state index in [1.54, 1.807) is 42.7 Å². The summed E-state index contributed by atoms with van der Waals surface area (Å²) < 4.78 is 15.7. The van der Waals surface area contributed by atoms with Gasteiger partial charge in [-0.25, -0.2) is 14.1 Å². The fourth-order valence-electron chi connectivity index (χ4n) is 2.68. The summed E-state index contributed by atoms with van der Waals surface area (Å²) in [7, 11) is 0. The molecule has 9 heteroatoms. The lowest BCUT2D eigenvalue weighted by Gasteiger charge is -2.09. The third kappa shape index (κ3) is 3.27. The second-order valence-corrected chi connectivity index (χ2v) is 7.20. The van der Waals surface area contributed by atoms with Crippen molar-refractivity contribution in [3.8, 4) is 16.9 Å². The zero-order valence-electron chi connectivity index (χ0n) is 15.0. The van der Waals surface area contributed by atoms with E-state index in [0.29, 0.717) is 16.4 Å². The number of hydrogen-bond acceptors (Lipinski definition) is 6. The first kappa shape index (κ1) is 17.9. The minimum absolute atomic E-state index is 0.0694. The molecule has 1 amide bonds. The Bertz CT molecular complexity index is 1130. The van der Waals surface area contributed by atoms with Crippen LogP contribution in [0.2, 0.25) is 0 Å². The van der Waals surface area contributed by atoms with Crippen molar-refractivity contribution < 1.29 is 9.18 Å². The third-order valence-electron chi connectivity index (χ3n) is 4.17. The molecule has 0 radical (unpaired) electrons. The third-order valence-corrected chi connectivity index (χ3v) is 5.16. The Morgan fingerprint density at radius 1 is 1.14 bits per heavy atom. The molecule has 3 heterocycles. The van der Waals surface area contributed by atoms with Crippen LogP contribution in [-0.4, -0.2) is 30.9 Å². The maximum atomic E-state index is 14.4. The highest BCUT2D eigenvalue weighted by atomic mass is 32.1. The smallest absolute Gasteiger partial charge is 0.280 e. The number of thiazole rings is 1. The molecule has 0 aliphatic rings. The number of aromatic nitrogens is 5. The molecule has 4 rings (SSSR count). The van der Waals surface area contributed by atoms with Crippen molar-refractivity contribution in [1.29, 1.82) is 0 Å². The average Bonchev–Trinajstić information content (AvgIpc) is 3.26. The number of rotatable bonds is 4. The summed E-state index contributed by atoms with van der Waals surface area (Å²) in [6, 6.07) is 9.60. The van der Waals surface area contributed by atoms with Crippen LogP contribution >= 0.6 is 11.3 Å². The number of hydrogen-bond donors (Lipinski definition) is 1. The topological polar surface area (TPSA) is 85.6 Å². The fraction of sp³-hybridized carbons (Fsp3) is 0.105. The van der Waals surface area contributed by atoms with E-state index in [-0.39, 0.29) is 11.4 Å². The molecule has 0 aliphatic carbocycles. The van der Waals surface area contributed by atoms with E-state index in [4.69, 9.17) is 0 Å². The molecule has 1 N–H and O–H groups in total. The number of para-hydroxylation sites is 1. The highest BCUT2D eigenvalue weighted by molar-refractivity contribution is 7.15. The number of nitrogens with zero attached hydrogens (tertiary/aromatic N) is 5. The van der Waals surface area contributed by atoms with Crippen LogP contribution in [0.5, 0.6) is 0 Å². The molecule has 3 aromatic heterocycles. The molecule has 1 aromatic carbocycles. The Balaban J connectivity index is 1.81. The van der Waals surface area contributed by atoms with Gasteiger partial charge < -0.3 is 0 Å². The Hall–Kier alpha value is -3.46. The van der Waals surface area contributed by atoms with Gasteiger partial charge in [0.05, 0.1) is 5.69 Å². The van der Waals surface area contributed by atoms with Gasteiger partial charge in [0.25, 0.3) is 5.91 Å². The number of carbonyl (C=O) groups is 1. The van der Waals surface area contributed by atoms with E-state index in [1.807, 2.05) is 13.8 Å². The summed E-state index contributed by atoms with van der Waals surface area (Å²) in [5.41, 5.74) is 2.13. The number of benzene rings is 1. The van der Waals surface area contributed by atoms with Gasteiger partial charge >= 0.3 is 0 Å². The number of carbonyl (C=O) groups excluding carboxylic acids is 1. The van der Waals surface area contributed by atoms with Crippen molar-refractivity contribution >= 4 is 22.4 Å². The van der Waals surface area contributed by atoms with Gasteiger partial charge in [0.15, 0.2) is 10.8 Å². The summed E-state index contributed by atoms with van der Waals surface area (Å²) in [6.45, 7) is 3.80. The van der Waals surface area contributed by atoms with Crippen molar-refractivity contribution in [2.75, 3.05) is 5.32 Å². The Kier molecular flexibility index (Phi) is 4.66. The lowest BCUT2D eigenvalue weighted by molar-refractivity contribution is 0.102. The molecule has 0 bridgehead atoms. The molecule has 0 unspecified atom stereocenters. The standard InChI is InChI=1S/C19H15FN6OS/c1-11-12(2)28-19(22-11)23-18(27)16-17(13-7-9-21-10-8-13)26(25-24-16)15-6-4-3-5-14(15)20/h3-10H,1-2H3,(H,22,23,27). The van der Waals surface area contributed by atoms with Crippen LogP contribution < -0.4 is 5.32 Å². The van der Waals surface area contributed by atoms with Gasteiger partial charge in [-0.1, -0.05) is 17.3 Å². The fourth-order valence-corrected chi connectivity index (χ4v) is 3.49. The van der Waals surface area contributed by atoms with Gasteiger partial charge in [0.2, 0.25) is 0 Å². The number of halogens is 1. The van der Waals surface area contributed by atoms with Gasteiger partial charge in [-0.05, 0) is 38.1 Å². The minimum atomic E-state index is -0.471. The molecule has 0 saturated carbocycles. The van der Waals surface area contributed by atoms with Crippen molar-refractivity contribution in [1.82, 2.24) is 25.0 Å². The van der Waals surface area contributed by atoms with E-state index < -0.39 is 11.7 Å². The van der Waals surface area contributed by atoms with Crippen molar-refractivity contribution in [3.63, 3.8) is 0 Å². The molecular formula is C19H15FN6OS. The number of pyridine rings is 1. The van der Waals surface area contributed by atoms with Gasteiger partial charge in [-0.2, -0.15) is 0 Å². The predicted octanol–water partition coefficient (Wildman–Crippen LogP) is 3.79. The molecule has 0 atom stereocenters. The molecule has 7 nitrogen and oxygen atoms in total. The van der Waals surface area contributed by atoms with Crippen LogP contribution in [0.15, 0.2) is 48.8 Å². The number of amides is 1. The molecule has 0 aliphatic heterocycles. The van der Waals surface area contributed by atoms with E-state index in [2.05, 4.69) is 25.6 Å². The van der Waals surface area contributed by atoms with E-state index in [1.165, 1.54) is 22.1 Å². The van der Waals surface area contributed by atoms with Crippen LogP contribution in [0.1, 0.15) is 21.1 Å². The average molecular weight is 394 g/mol. The Labute approximate surface area is 163 Å². The molecule has 4 aromatic rings. The molecule has 0 fully saturated rings. The summed E-state index contributed by atoms with van der Waals surface area (Å²) in [6.07, 6.45) is 3.17. The number of anilines is 1. The quantitative estimate of drug-likeness (QED) is 0.569. The second-order valence-electron chi connectivity index (χ2n) is 6.00. The summed E-state index contributed by atoms with van der Waals surface area (Å²) in [5, 5.41) is 11.3. The van der Waals surface area contributed by atoms with E-state index in [0.717, 1.165) is 10.6 Å². The van der Waals surface area contributed by atoms with Crippen molar-refractivity contribution in [3.05, 3.63) is 70.9 Å². The van der Waals surface area contributed by atoms with E-state index in [9.17, 15) is 9.18 Å². The Morgan fingerprint density at radius 2 is 1.89 bits per heavy atom. The number of nitrogens with one attached hydrogen (secondary N) is 1. The summed E-state index contributed by atoms with van der Waals surface area (Å²) in [5.74, 6) is -0.941. The zero-order chi connectivity index (χ0) is 19.7. The van der Waals surface area contributed by atoms with Gasteiger partial charge in [0, 0.05) is 22.8 Å². The highest BCUT2D eigenvalue weighted by Gasteiger charge is 2.24. The second kappa shape index (κ2) is 7.28. The number of aryl methyl sites for hydroxylation is 2. The largest absolute Gasteiger partial charge is 0.296 e. The predicted molar refractivity (Wildman–Crippen MR) is 104 cm³/mol. The molecular weight excluding hydrogens is 379 g/mol. The highest BCUT2D eigenvalue weighted by Crippen LogP contribution is 2.27. The molecule has 140 valence electrons. The van der Waals surface area contributed by atoms with Crippen molar-refractivity contribution in [2.45, 2.75) is 13.8 Å². The lowest BCUT2D eigenvalue weighted by Crippen LogP contribution is -2.14. The molecule has 28 heavy (non-hydrogen) atoms. The monoisotopic (exact) mass is 394 g/mol. The minimum Gasteiger partial charge on any atom is -0.296 e. The van der Waals surface area contributed by atoms with Crippen LogP contribution in [0, 0.1) is 19.7 Å². The van der Waals surface area contributed by atoms with Crippen LogP contribution in [0.25, 0.3) is 16.9 Å². The van der Waals surface area contributed by atoms with Gasteiger partial charge in [0.1, 0.15) is 17.2 Å². The van der Waals surface area contributed by atoms with Gasteiger partial charge in [-0.15, -0.1) is 16.4 Å². The summed E-state index contributed by atoms with van der Waals surface area (Å²) >= 11 is 1.38. The van der Waals surface area contributed by atoms with E-state index >= 15 is 0 Å². The molecule has 0 spiro atoms. The first-order valence-corrected chi connectivity index (χ1v) is 9.22. The summed E-state index contributed by atoms with van der Waals surface area (Å²) in [4.78, 5) is 22.2. The normalized spacial score (nSPS) is 10.8. The SMILES string of the molecule is Cc1nc(NC(=O)c2nnn(-c3ccccc3F)c2-c2ccncc2)sc1C. The maximum absolute atomic E-state index is 14.4. The van der Waals surface area contributed by atoms with Crippen LogP contribution in [0.4, 0.5) is 9.52 Å². The van der Waals surface area contributed by atoms with Crippen LogP contribution in [0.3, 0.4) is 0 Å². The van der Waals surface area contributed by atoms with Crippen LogP contribution in [-0.2, 0) is 0 Å². The Morgan fingerprint density at radius 3 is 2.57 bits per heavy atom. The van der Waals surface area contributed by atoms with Crippen molar-refractivity contribution in [2.24, 2.45) is 0 Å². The first-order chi connectivity index (χ1) is 13.5. The first-order valence-electron chi connectivity index (χ1n) is 8.41. The maximum Gasteiger partial charge on any atom is 0.280 e. The van der Waals surface area contributed by atoms with Gasteiger partial charge in [-0.3, -0.25) is 15.1 Å². The molecule has 0 saturated heterocycles. The lowest BCUT2D eigenvalue weighted by atomic mass is 10.1. The zero-order valence-corrected chi connectivity index (χ0v) is 15.9.